The van der Waals surface area contributed by atoms with Gasteiger partial charge in [0.15, 0.2) is 6.61 Å². The molecule has 22 heavy (non-hydrogen) atoms. The van der Waals surface area contributed by atoms with Gasteiger partial charge in [0.1, 0.15) is 5.75 Å². The predicted octanol–water partition coefficient (Wildman–Crippen LogP) is 1.94. The van der Waals surface area contributed by atoms with Gasteiger partial charge in [-0.25, -0.2) is 0 Å². The highest BCUT2D eigenvalue weighted by Crippen LogP contribution is 2.27. The van der Waals surface area contributed by atoms with E-state index in [0.717, 1.165) is 31.5 Å². The lowest BCUT2D eigenvalue weighted by Crippen LogP contribution is -2.36. The quantitative estimate of drug-likeness (QED) is 0.837. The summed E-state index contributed by atoms with van der Waals surface area (Å²) in [7, 11) is 0. The number of halogens is 1. The van der Waals surface area contributed by atoms with Gasteiger partial charge in [-0.2, -0.15) is 0 Å². The number of nitrogens with two attached hydrogens (primary N) is 1. The van der Waals surface area contributed by atoms with Crippen LogP contribution in [0, 0.1) is 0 Å². The Morgan fingerprint density at radius 1 is 1.41 bits per heavy atom. The number of amides is 1. The smallest absolute Gasteiger partial charge is 0.255 e. The van der Waals surface area contributed by atoms with Crippen LogP contribution in [-0.2, 0) is 11.3 Å². The first kappa shape index (κ1) is 17.1. The monoisotopic (exact) mass is 326 g/mol. The molecule has 1 aliphatic rings. The van der Waals surface area contributed by atoms with E-state index in [2.05, 4.69) is 4.90 Å². The highest BCUT2D eigenvalue weighted by atomic mass is 35.5. The van der Waals surface area contributed by atoms with Crippen LogP contribution in [0.3, 0.4) is 0 Å². The molecule has 5 nitrogen and oxygen atoms in total. The molecule has 1 aromatic rings. The van der Waals surface area contributed by atoms with Gasteiger partial charge in [-0.15, -0.1) is 0 Å². The standard InChI is InChI=1S/C16H23ClN2O3/c17-14-8-12(5-6-15(14)22-11-16(18)21)9-19-7-3-1-2-4-13(19)10-20/h5-6,8,13,20H,1-4,7,9-11H2,(H2,18,21)/t13-/m0/s1. The van der Waals surface area contributed by atoms with Crippen molar-refractivity contribution in [2.45, 2.75) is 38.3 Å². The van der Waals surface area contributed by atoms with Crippen LogP contribution in [0.1, 0.15) is 31.2 Å². The summed E-state index contributed by atoms with van der Waals surface area (Å²) < 4.78 is 5.25. The molecule has 1 aromatic carbocycles. The molecule has 1 saturated heterocycles. The fourth-order valence-corrected chi connectivity index (χ4v) is 3.05. The van der Waals surface area contributed by atoms with E-state index < -0.39 is 5.91 Å². The number of rotatable bonds is 6. The SMILES string of the molecule is NC(=O)COc1ccc(CN2CCCCC[C@H]2CO)cc1Cl. The minimum absolute atomic E-state index is 0.183. The van der Waals surface area contributed by atoms with Gasteiger partial charge in [-0.3, -0.25) is 9.69 Å². The van der Waals surface area contributed by atoms with Crippen molar-refractivity contribution in [1.82, 2.24) is 4.90 Å². The topological polar surface area (TPSA) is 75.8 Å². The average Bonchev–Trinajstić information content (AvgIpc) is 2.71. The highest BCUT2D eigenvalue weighted by molar-refractivity contribution is 6.32. The number of primary amides is 1. The van der Waals surface area contributed by atoms with Crippen LogP contribution >= 0.6 is 11.6 Å². The van der Waals surface area contributed by atoms with Crippen molar-refractivity contribution in [2.75, 3.05) is 19.8 Å². The predicted molar refractivity (Wildman–Crippen MR) is 85.9 cm³/mol. The Balaban J connectivity index is 2.02. The van der Waals surface area contributed by atoms with Crippen LogP contribution in [0.2, 0.25) is 5.02 Å². The third kappa shape index (κ3) is 4.87. The summed E-state index contributed by atoms with van der Waals surface area (Å²) in [6.07, 6.45) is 4.57. The summed E-state index contributed by atoms with van der Waals surface area (Å²) in [6.45, 7) is 1.75. The Kier molecular flexibility index (Phi) is 6.49. The number of hydrogen-bond acceptors (Lipinski definition) is 4. The van der Waals surface area contributed by atoms with Gasteiger partial charge in [0.05, 0.1) is 11.6 Å². The molecule has 2 rings (SSSR count). The molecule has 3 N–H and O–H groups in total. The Bertz CT molecular complexity index is 510. The van der Waals surface area contributed by atoms with Crippen LogP contribution < -0.4 is 10.5 Å². The minimum atomic E-state index is -0.532. The molecule has 0 aromatic heterocycles. The zero-order chi connectivity index (χ0) is 15.9. The molecule has 1 amide bonds. The number of hydrogen-bond donors (Lipinski definition) is 2. The number of carbonyl (C=O) groups excluding carboxylic acids is 1. The van der Waals surface area contributed by atoms with Gasteiger partial charge in [0, 0.05) is 12.6 Å². The fraction of sp³-hybridized carbons (Fsp3) is 0.562. The van der Waals surface area contributed by atoms with Crippen molar-refractivity contribution in [3.05, 3.63) is 28.8 Å². The Labute approximate surface area is 136 Å². The van der Waals surface area contributed by atoms with E-state index in [0.29, 0.717) is 10.8 Å². The second-order valence-corrected chi connectivity index (χ2v) is 6.08. The number of benzene rings is 1. The zero-order valence-electron chi connectivity index (χ0n) is 12.6. The largest absolute Gasteiger partial charge is 0.482 e. The van der Waals surface area contributed by atoms with Crippen molar-refractivity contribution >= 4 is 17.5 Å². The first-order valence-corrected chi connectivity index (χ1v) is 8.02. The Hall–Kier alpha value is -1.30. The van der Waals surface area contributed by atoms with Crippen LogP contribution in [0.15, 0.2) is 18.2 Å². The van der Waals surface area contributed by atoms with Crippen LogP contribution in [0.5, 0.6) is 5.75 Å². The number of nitrogens with zero attached hydrogens (tertiary/aromatic N) is 1. The molecule has 0 radical (unpaired) electrons. The van der Waals surface area contributed by atoms with Crippen molar-refractivity contribution in [3.63, 3.8) is 0 Å². The van der Waals surface area contributed by atoms with Gasteiger partial charge in [0.25, 0.3) is 5.91 Å². The summed E-state index contributed by atoms with van der Waals surface area (Å²) in [5.74, 6) is -0.0747. The first-order chi connectivity index (χ1) is 10.6. The van der Waals surface area contributed by atoms with Crippen molar-refractivity contribution < 1.29 is 14.6 Å². The molecule has 0 unspecified atom stereocenters. The highest BCUT2D eigenvalue weighted by Gasteiger charge is 2.20. The molecule has 0 bridgehead atoms. The van der Waals surface area contributed by atoms with E-state index in [4.69, 9.17) is 22.1 Å². The molecule has 1 aliphatic heterocycles. The molecule has 6 heteroatoms. The number of ether oxygens (including phenoxy) is 1. The molecule has 1 atom stereocenters. The summed E-state index contributed by atoms with van der Waals surface area (Å²) in [5.41, 5.74) is 6.12. The summed E-state index contributed by atoms with van der Waals surface area (Å²) >= 11 is 6.19. The lowest BCUT2D eigenvalue weighted by Gasteiger charge is -2.28. The van der Waals surface area contributed by atoms with Gasteiger partial charge in [-0.1, -0.05) is 30.5 Å². The Morgan fingerprint density at radius 2 is 2.23 bits per heavy atom. The summed E-state index contributed by atoms with van der Waals surface area (Å²) in [6, 6.07) is 5.75. The zero-order valence-corrected chi connectivity index (χ0v) is 13.4. The number of aliphatic hydroxyl groups is 1. The van der Waals surface area contributed by atoms with Crippen molar-refractivity contribution in [1.29, 1.82) is 0 Å². The van der Waals surface area contributed by atoms with Crippen molar-refractivity contribution in [2.24, 2.45) is 5.73 Å². The molecule has 0 saturated carbocycles. The molecular weight excluding hydrogens is 304 g/mol. The van der Waals surface area contributed by atoms with Gasteiger partial charge >= 0.3 is 0 Å². The number of carbonyl (C=O) groups is 1. The van der Waals surface area contributed by atoms with E-state index in [-0.39, 0.29) is 19.3 Å². The van der Waals surface area contributed by atoms with Crippen LogP contribution in [0.25, 0.3) is 0 Å². The van der Waals surface area contributed by atoms with Gasteiger partial charge in [0.2, 0.25) is 0 Å². The third-order valence-corrected chi connectivity index (χ3v) is 4.26. The lowest BCUT2D eigenvalue weighted by atomic mass is 10.1. The fourth-order valence-electron chi connectivity index (χ4n) is 2.79. The normalized spacial score (nSPS) is 19.6. The van der Waals surface area contributed by atoms with E-state index in [1.54, 1.807) is 6.07 Å². The molecule has 0 spiro atoms. The van der Waals surface area contributed by atoms with Crippen molar-refractivity contribution in [3.8, 4) is 5.75 Å². The number of likely N-dealkylation sites (tertiary alicyclic amines) is 1. The first-order valence-electron chi connectivity index (χ1n) is 7.64. The molecule has 122 valence electrons. The Morgan fingerprint density at radius 3 is 2.91 bits per heavy atom. The summed E-state index contributed by atoms with van der Waals surface area (Å²) in [4.78, 5) is 13.0. The second kappa shape index (κ2) is 8.36. The maximum absolute atomic E-state index is 10.7. The van der Waals surface area contributed by atoms with Gasteiger partial charge in [-0.05, 0) is 37.1 Å². The third-order valence-electron chi connectivity index (χ3n) is 3.96. The molecular formula is C16H23ClN2O3. The summed E-state index contributed by atoms with van der Waals surface area (Å²) in [5, 5.41) is 10.0. The number of aliphatic hydroxyl groups excluding tert-OH is 1. The van der Waals surface area contributed by atoms with E-state index in [9.17, 15) is 9.90 Å². The maximum atomic E-state index is 10.7. The lowest BCUT2D eigenvalue weighted by molar-refractivity contribution is -0.119. The van der Waals surface area contributed by atoms with Crippen LogP contribution in [0.4, 0.5) is 0 Å². The molecule has 1 fully saturated rings. The molecule has 0 aliphatic carbocycles. The van der Waals surface area contributed by atoms with E-state index in [1.807, 2.05) is 12.1 Å². The second-order valence-electron chi connectivity index (χ2n) is 5.68. The average molecular weight is 327 g/mol. The van der Waals surface area contributed by atoms with E-state index >= 15 is 0 Å². The van der Waals surface area contributed by atoms with Gasteiger partial charge < -0.3 is 15.6 Å². The van der Waals surface area contributed by atoms with Crippen LogP contribution in [-0.4, -0.2) is 41.7 Å². The molecule has 1 heterocycles. The van der Waals surface area contributed by atoms with E-state index in [1.165, 1.54) is 12.8 Å². The maximum Gasteiger partial charge on any atom is 0.255 e. The minimum Gasteiger partial charge on any atom is -0.482 e.